The van der Waals surface area contributed by atoms with Crippen molar-refractivity contribution >= 4 is 5.97 Å². The highest BCUT2D eigenvalue weighted by molar-refractivity contribution is 5.69. The van der Waals surface area contributed by atoms with Gasteiger partial charge in [-0.15, -0.1) is 0 Å². The van der Waals surface area contributed by atoms with Crippen molar-refractivity contribution in [2.45, 2.75) is 261 Å². The molecule has 11 unspecified atom stereocenters. The molecule has 0 aliphatic carbocycles. The number of carbonyl (C=O) groups is 1. The van der Waals surface area contributed by atoms with Crippen LogP contribution in [-0.2, 0) is 33.2 Å². The van der Waals surface area contributed by atoms with Crippen LogP contribution in [-0.4, -0.2) is 142 Å². The zero-order chi connectivity index (χ0) is 53.0. The van der Waals surface area contributed by atoms with E-state index in [1.165, 1.54) is 70.6 Å². The van der Waals surface area contributed by atoms with Gasteiger partial charge in [0.25, 0.3) is 0 Å². The third-order valence-electron chi connectivity index (χ3n) is 13.2. The Balaban J connectivity index is 1.71. The Morgan fingerprint density at radius 1 is 0.466 bits per heavy atom. The Morgan fingerprint density at radius 2 is 0.890 bits per heavy atom. The maximum atomic E-state index is 13.0. The minimum Gasteiger partial charge on any atom is -0.457 e. The monoisotopic (exact) mass is 1030 g/mol. The number of unbranched alkanes of at least 4 members (excludes halogenated alkanes) is 19. The van der Waals surface area contributed by atoms with Crippen molar-refractivity contribution in [2.24, 2.45) is 0 Å². The molecule has 0 bridgehead atoms. The normalized spacial score (nSPS) is 25.5. The fraction of sp³-hybridized carbons (Fsp3) is 0.780. The van der Waals surface area contributed by atoms with Gasteiger partial charge in [0.05, 0.1) is 26.4 Å². The molecule has 0 saturated carbocycles. The van der Waals surface area contributed by atoms with Crippen LogP contribution >= 0.6 is 0 Å². The molecule has 0 aromatic rings. The standard InChI is InChI=1S/C59H102O14/c1-3-5-7-9-11-13-15-17-19-20-21-22-23-24-25-26-27-29-31-33-35-37-39-41-43-68-45-48(71-51(61)42-40-38-36-34-32-30-28-18-16-14-12-10-8-6-4-2)46-69-58-57(67)55(65)53(63)50(73-58)47-70-59-56(66)54(64)52(62)49(44-60)72-59/h5,7,11-14,17-19,21-22,28,48-50,52-60,62-67H,3-4,6,8-10,15-16,20,23-27,29-47H2,1-2H3/b7-5-,13-11-,14-12-,19-17-,22-21-,28-18-. The van der Waals surface area contributed by atoms with Gasteiger partial charge < -0.3 is 64.2 Å². The van der Waals surface area contributed by atoms with Gasteiger partial charge in [-0.1, -0.05) is 177 Å². The van der Waals surface area contributed by atoms with Crippen molar-refractivity contribution < 1.29 is 69.0 Å². The molecule has 0 amide bonds. The summed E-state index contributed by atoms with van der Waals surface area (Å²) in [5.41, 5.74) is 0. The lowest BCUT2D eigenvalue weighted by Crippen LogP contribution is -2.61. The van der Waals surface area contributed by atoms with Gasteiger partial charge in [-0.2, -0.15) is 0 Å². The summed E-state index contributed by atoms with van der Waals surface area (Å²) in [5, 5.41) is 72.3. The summed E-state index contributed by atoms with van der Waals surface area (Å²) in [7, 11) is 0. The fourth-order valence-electron chi connectivity index (χ4n) is 8.60. The average molecular weight is 1040 g/mol. The predicted octanol–water partition coefficient (Wildman–Crippen LogP) is 9.86. The van der Waals surface area contributed by atoms with E-state index in [4.69, 9.17) is 28.4 Å². The molecule has 14 nitrogen and oxygen atoms in total. The third-order valence-corrected chi connectivity index (χ3v) is 13.2. The lowest BCUT2D eigenvalue weighted by atomic mass is 9.98. The molecule has 0 aromatic carbocycles. The summed E-state index contributed by atoms with van der Waals surface area (Å²) in [6.07, 6.45) is 41.0. The van der Waals surface area contributed by atoms with E-state index in [2.05, 4.69) is 86.8 Å². The zero-order valence-electron chi connectivity index (χ0n) is 45.1. The molecule has 2 aliphatic heterocycles. The molecular formula is C59H102O14. The van der Waals surface area contributed by atoms with Gasteiger partial charge in [0.1, 0.15) is 54.9 Å². The van der Waals surface area contributed by atoms with Gasteiger partial charge in [-0.25, -0.2) is 0 Å². The van der Waals surface area contributed by atoms with Crippen molar-refractivity contribution in [3.05, 3.63) is 72.9 Å². The minimum absolute atomic E-state index is 0.0506. The second kappa shape index (κ2) is 45.6. The Hall–Kier alpha value is -2.57. The molecule has 0 radical (unpaired) electrons. The van der Waals surface area contributed by atoms with Crippen LogP contribution < -0.4 is 0 Å². The molecule has 73 heavy (non-hydrogen) atoms. The minimum atomic E-state index is -1.71. The second-order valence-electron chi connectivity index (χ2n) is 19.7. The third kappa shape index (κ3) is 32.6. The molecular weight excluding hydrogens is 933 g/mol. The first-order chi connectivity index (χ1) is 35.6. The van der Waals surface area contributed by atoms with Crippen LogP contribution in [0.3, 0.4) is 0 Å². The zero-order valence-corrected chi connectivity index (χ0v) is 45.1. The molecule has 14 heteroatoms. The Kier molecular flexibility index (Phi) is 41.6. The van der Waals surface area contributed by atoms with Crippen LogP contribution in [0.25, 0.3) is 0 Å². The van der Waals surface area contributed by atoms with Crippen molar-refractivity contribution in [2.75, 3.05) is 33.0 Å². The Bertz CT molecular complexity index is 1480. The summed E-state index contributed by atoms with van der Waals surface area (Å²) < 4.78 is 34.4. The number of esters is 1. The number of aliphatic hydroxyl groups is 7. The molecule has 2 heterocycles. The maximum Gasteiger partial charge on any atom is 0.306 e. The predicted molar refractivity (Wildman–Crippen MR) is 289 cm³/mol. The molecule has 422 valence electrons. The maximum absolute atomic E-state index is 13.0. The summed E-state index contributed by atoms with van der Waals surface area (Å²) in [6, 6.07) is 0. The molecule has 2 aliphatic rings. The van der Waals surface area contributed by atoms with Gasteiger partial charge in [-0.3, -0.25) is 4.79 Å². The number of hydrogen-bond donors (Lipinski definition) is 7. The van der Waals surface area contributed by atoms with Crippen LogP contribution in [0.1, 0.15) is 194 Å². The van der Waals surface area contributed by atoms with Gasteiger partial charge in [0, 0.05) is 13.0 Å². The van der Waals surface area contributed by atoms with Crippen LogP contribution in [0.2, 0.25) is 0 Å². The van der Waals surface area contributed by atoms with Gasteiger partial charge in [0.15, 0.2) is 12.6 Å². The molecule has 7 N–H and O–H groups in total. The quantitative estimate of drug-likeness (QED) is 0.0172. The highest BCUT2D eigenvalue weighted by atomic mass is 16.7. The van der Waals surface area contributed by atoms with Crippen LogP contribution in [0.5, 0.6) is 0 Å². The number of ether oxygens (including phenoxy) is 6. The highest BCUT2D eigenvalue weighted by Gasteiger charge is 2.47. The highest BCUT2D eigenvalue weighted by Crippen LogP contribution is 2.26. The summed E-state index contributed by atoms with van der Waals surface area (Å²) in [4.78, 5) is 13.0. The molecule has 2 saturated heterocycles. The van der Waals surface area contributed by atoms with Crippen molar-refractivity contribution in [1.29, 1.82) is 0 Å². The lowest BCUT2D eigenvalue weighted by molar-refractivity contribution is -0.332. The molecule has 11 atom stereocenters. The van der Waals surface area contributed by atoms with E-state index >= 15 is 0 Å². The summed E-state index contributed by atoms with van der Waals surface area (Å²) in [5.74, 6) is -0.393. The summed E-state index contributed by atoms with van der Waals surface area (Å²) in [6.45, 7) is 3.52. The molecule has 2 rings (SSSR count). The van der Waals surface area contributed by atoms with Crippen LogP contribution in [0.15, 0.2) is 72.9 Å². The van der Waals surface area contributed by atoms with E-state index < -0.39 is 86.7 Å². The second-order valence-corrected chi connectivity index (χ2v) is 19.7. The van der Waals surface area contributed by atoms with E-state index in [0.717, 1.165) is 96.3 Å². The van der Waals surface area contributed by atoms with E-state index in [1.54, 1.807) is 0 Å². The first-order valence-corrected chi connectivity index (χ1v) is 28.5. The number of carbonyl (C=O) groups excluding carboxylic acids is 1. The van der Waals surface area contributed by atoms with Gasteiger partial charge >= 0.3 is 5.97 Å². The largest absolute Gasteiger partial charge is 0.457 e. The number of allylic oxidation sites excluding steroid dienone is 12. The first-order valence-electron chi connectivity index (χ1n) is 28.5. The molecule has 0 spiro atoms. The summed E-state index contributed by atoms with van der Waals surface area (Å²) >= 11 is 0. The Morgan fingerprint density at radius 3 is 1.40 bits per heavy atom. The first kappa shape index (κ1) is 66.5. The van der Waals surface area contributed by atoms with Crippen LogP contribution in [0, 0.1) is 0 Å². The molecule has 2 fully saturated rings. The van der Waals surface area contributed by atoms with Crippen molar-refractivity contribution in [1.82, 2.24) is 0 Å². The molecule has 0 aromatic heterocycles. The fourth-order valence-corrected chi connectivity index (χ4v) is 8.60. The number of rotatable bonds is 45. The number of aliphatic hydroxyl groups excluding tert-OH is 7. The van der Waals surface area contributed by atoms with E-state index in [0.29, 0.717) is 13.0 Å². The van der Waals surface area contributed by atoms with E-state index in [1.807, 2.05) is 0 Å². The lowest BCUT2D eigenvalue weighted by Gasteiger charge is -2.42. The topological polar surface area (TPSA) is 214 Å². The smallest absolute Gasteiger partial charge is 0.306 e. The van der Waals surface area contributed by atoms with Crippen LogP contribution in [0.4, 0.5) is 0 Å². The number of hydrogen-bond acceptors (Lipinski definition) is 14. The van der Waals surface area contributed by atoms with E-state index in [-0.39, 0.29) is 19.6 Å². The Labute approximate surface area is 440 Å². The van der Waals surface area contributed by atoms with Crippen molar-refractivity contribution in [3.8, 4) is 0 Å². The SMILES string of the molecule is CC/C=C\C/C=C\C/C=C\C/C=C\CCCCCCCCCCCCCOCC(COC1OC(COC2OC(CO)C(O)C(O)C2O)C(O)C(O)C1O)OC(=O)CCCCCCC/C=C\C/C=C\CCCCC. The van der Waals surface area contributed by atoms with Crippen molar-refractivity contribution in [3.63, 3.8) is 0 Å². The van der Waals surface area contributed by atoms with Gasteiger partial charge in [-0.05, 0) is 83.5 Å². The average Bonchev–Trinajstić information content (AvgIpc) is 3.39. The van der Waals surface area contributed by atoms with Gasteiger partial charge in [0.2, 0.25) is 0 Å². The van der Waals surface area contributed by atoms with E-state index in [9.17, 15) is 40.5 Å².